The van der Waals surface area contributed by atoms with Crippen molar-refractivity contribution in [3.63, 3.8) is 0 Å². The summed E-state index contributed by atoms with van der Waals surface area (Å²) in [6.07, 6.45) is 3.14. The minimum absolute atomic E-state index is 0.0000846. The molecule has 1 amide bonds. The molecule has 2 aromatic heterocycles. The van der Waals surface area contributed by atoms with Crippen molar-refractivity contribution < 1.29 is 17.6 Å². The maximum absolute atomic E-state index is 13.9. The first-order chi connectivity index (χ1) is 12.3. The second kappa shape index (κ2) is 6.77. The van der Waals surface area contributed by atoms with Crippen LogP contribution >= 0.6 is 0 Å². The SMILES string of the molecule is CN(C)S(=O)(=O)c1cc(C(=O)Nc2cc3cccnc3cn2)ccc1F. The molecule has 0 bridgehead atoms. The van der Waals surface area contributed by atoms with E-state index >= 15 is 0 Å². The van der Waals surface area contributed by atoms with Gasteiger partial charge in [-0.3, -0.25) is 9.78 Å². The summed E-state index contributed by atoms with van der Waals surface area (Å²) < 4.78 is 39.1. The fraction of sp³-hybridized carbons (Fsp3) is 0.118. The first-order valence-corrected chi connectivity index (χ1v) is 8.97. The molecular weight excluding hydrogens is 359 g/mol. The van der Waals surface area contributed by atoms with Gasteiger partial charge in [-0.05, 0) is 30.3 Å². The van der Waals surface area contributed by atoms with E-state index < -0.39 is 26.6 Å². The van der Waals surface area contributed by atoms with Gasteiger partial charge in [-0.2, -0.15) is 0 Å². The van der Waals surface area contributed by atoms with Crippen LogP contribution in [0.25, 0.3) is 10.9 Å². The number of rotatable bonds is 4. The van der Waals surface area contributed by atoms with Crippen molar-refractivity contribution in [2.45, 2.75) is 4.90 Å². The fourth-order valence-electron chi connectivity index (χ4n) is 2.27. The molecule has 7 nitrogen and oxygen atoms in total. The van der Waals surface area contributed by atoms with E-state index in [0.29, 0.717) is 5.52 Å². The van der Waals surface area contributed by atoms with Crippen LogP contribution in [0.1, 0.15) is 10.4 Å². The van der Waals surface area contributed by atoms with E-state index in [1.165, 1.54) is 26.4 Å². The van der Waals surface area contributed by atoms with Crippen LogP contribution in [0.15, 0.2) is 53.7 Å². The molecule has 0 atom stereocenters. The van der Waals surface area contributed by atoms with Gasteiger partial charge in [-0.1, -0.05) is 6.07 Å². The summed E-state index contributed by atoms with van der Waals surface area (Å²) in [7, 11) is -1.44. The molecule has 134 valence electrons. The van der Waals surface area contributed by atoms with Crippen molar-refractivity contribution in [2.75, 3.05) is 19.4 Å². The Morgan fingerprint density at radius 1 is 1.15 bits per heavy atom. The smallest absolute Gasteiger partial charge is 0.256 e. The average molecular weight is 374 g/mol. The largest absolute Gasteiger partial charge is 0.307 e. The van der Waals surface area contributed by atoms with Gasteiger partial charge in [0.05, 0.1) is 11.7 Å². The molecule has 3 aromatic rings. The van der Waals surface area contributed by atoms with E-state index in [0.717, 1.165) is 21.8 Å². The van der Waals surface area contributed by atoms with Crippen LogP contribution in [-0.2, 0) is 10.0 Å². The van der Waals surface area contributed by atoms with Gasteiger partial charge >= 0.3 is 0 Å². The molecule has 1 aromatic carbocycles. The van der Waals surface area contributed by atoms with E-state index in [-0.39, 0.29) is 11.4 Å². The second-order valence-electron chi connectivity index (χ2n) is 5.65. The number of halogens is 1. The minimum atomic E-state index is -4.01. The van der Waals surface area contributed by atoms with E-state index in [1.807, 2.05) is 6.07 Å². The molecule has 26 heavy (non-hydrogen) atoms. The molecule has 0 radical (unpaired) electrons. The lowest BCUT2D eigenvalue weighted by molar-refractivity contribution is 0.102. The van der Waals surface area contributed by atoms with Gasteiger partial charge in [0.1, 0.15) is 16.5 Å². The predicted molar refractivity (Wildman–Crippen MR) is 94.8 cm³/mol. The van der Waals surface area contributed by atoms with E-state index in [2.05, 4.69) is 15.3 Å². The van der Waals surface area contributed by atoms with Crippen molar-refractivity contribution >= 4 is 32.7 Å². The first-order valence-electron chi connectivity index (χ1n) is 7.53. The van der Waals surface area contributed by atoms with Gasteiger partial charge in [0.15, 0.2) is 0 Å². The molecule has 0 aliphatic rings. The van der Waals surface area contributed by atoms with E-state index in [1.54, 1.807) is 18.3 Å². The number of anilines is 1. The van der Waals surface area contributed by atoms with Crippen LogP contribution in [0.5, 0.6) is 0 Å². The summed E-state index contributed by atoms with van der Waals surface area (Å²) in [6.45, 7) is 0. The van der Waals surface area contributed by atoms with Gasteiger partial charge in [0, 0.05) is 31.2 Å². The van der Waals surface area contributed by atoms with Crippen LogP contribution < -0.4 is 5.32 Å². The Bertz CT molecular complexity index is 1100. The van der Waals surface area contributed by atoms with Crippen LogP contribution in [0.2, 0.25) is 0 Å². The minimum Gasteiger partial charge on any atom is -0.307 e. The predicted octanol–water partition coefficient (Wildman–Crippen LogP) is 2.27. The Morgan fingerprint density at radius 3 is 2.65 bits per heavy atom. The second-order valence-corrected chi connectivity index (χ2v) is 7.77. The molecule has 0 spiro atoms. The molecule has 0 unspecified atom stereocenters. The lowest BCUT2D eigenvalue weighted by Gasteiger charge is -2.13. The zero-order chi connectivity index (χ0) is 18.9. The van der Waals surface area contributed by atoms with Crippen LogP contribution in [0, 0.1) is 5.82 Å². The molecule has 3 rings (SSSR count). The highest BCUT2D eigenvalue weighted by Gasteiger charge is 2.23. The van der Waals surface area contributed by atoms with Gasteiger partial charge in [0.2, 0.25) is 10.0 Å². The third-order valence-electron chi connectivity index (χ3n) is 3.68. The number of nitrogens with zero attached hydrogens (tertiary/aromatic N) is 3. The first kappa shape index (κ1) is 17.9. The van der Waals surface area contributed by atoms with Gasteiger partial charge < -0.3 is 5.32 Å². The van der Waals surface area contributed by atoms with E-state index in [4.69, 9.17) is 0 Å². The summed E-state index contributed by atoms with van der Waals surface area (Å²) >= 11 is 0. The lowest BCUT2D eigenvalue weighted by atomic mass is 10.2. The highest BCUT2D eigenvalue weighted by molar-refractivity contribution is 7.89. The Kier molecular flexibility index (Phi) is 4.66. The molecule has 0 aliphatic heterocycles. The number of carbonyl (C=O) groups excluding carboxylic acids is 1. The fourth-order valence-corrected chi connectivity index (χ4v) is 3.25. The molecule has 2 heterocycles. The summed E-state index contributed by atoms with van der Waals surface area (Å²) in [5, 5.41) is 3.35. The van der Waals surface area contributed by atoms with Gasteiger partial charge in [-0.25, -0.2) is 22.1 Å². The number of amides is 1. The van der Waals surface area contributed by atoms with E-state index in [9.17, 15) is 17.6 Å². The lowest BCUT2D eigenvalue weighted by Crippen LogP contribution is -2.24. The number of pyridine rings is 2. The molecule has 1 N–H and O–H groups in total. The number of hydrogen-bond acceptors (Lipinski definition) is 5. The summed E-state index contributed by atoms with van der Waals surface area (Å²) in [4.78, 5) is 20.1. The van der Waals surface area contributed by atoms with Crippen molar-refractivity contribution in [1.82, 2.24) is 14.3 Å². The molecule has 0 saturated heterocycles. The molecule has 0 aliphatic carbocycles. The Hall–Kier alpha value is -2.91. The van der Waals surface area contributed by atoms with Crippen LogP contribution in [0.4, 0.5) is 10.2 Å². The normalized spacial score (nSPS) is 11.7. The number of fused-ring (bicyclic) bond motifs is 1. The summed E-state index contributed by atoms with van der Waals surface area (Å²) in [5.74, 6) is -1.25. The van der Waals surface area contributed by atoms with Gasteiger partial charge in [0.25, 0.3) is 5.91 Å². The topological polar surface area (TPSA) is 92.3 Å². The number of carbonyl (C=O) groups is 1. The monoisotopic (exact) mass is 374 g/mol. The quantitative estimate of drug-likeness (QED) is 0.756. The number of nitrogens with one attached hydrogen (secondary N) is 1. The third kappa shape index (κ3) is 3.39. The highest BCUT2D eigenvalue weighted by atomic mass is 32.2. The number of hydrogen-bond donors (Lipinski definition) is 1. The van der Waals surface area contributed by atoms with Crippen LogP contribution in [0.3, 0.4) is 0 Å². The van der Waals surface area contributed by atoms with Crippen molar-refractivity contribution in [1.29, 1.82) is 0 Å². The molecule has 0 fully saturated rings. The third-order valence-corrected chi connectivity index (χ3v) is 5.51. The van der Waals surface area contributed by atoms with Crippen molar-refractivity contribution in [3.8, 4) is 0 Å². The highest BCUT2D eigenvalue weighted by Crippen LogP contribution is 2.20. The standard InChI is InChI=1S/C17H15FN4O3S/c1-22(2)26(24,25)15-8-12(5-6-13(15)18)17(23)21-16-9-11-4-3-7-19-14(11)10-20-16/h3-10H,1-2H3,(H,20,21,23). The van der Waals surface area contributed by atoms with Crippen molar-refractivity contribution in [2.24, 2.45) is 0 Å². The number of benzene rings is 1. The average Bonchev–Trinajstić information content (AvgIpc) is 2.61. The zero-order valence-electron chi connectivity index (χ0n) is 14.0. The Morgan fingerprint density at radius 2 is 1.92 bits per heavy atom. The number of sulfonamides is 1. The molecule has 9 heteroatoms. The molecule has 0 saturated carbocycles. The summed E-state index contributed by atoms with van der Waals surface area (Å²) in [6, 6.07) is 8.38. The number of aromatic nitrogens is 2. The maximum atomic E-state index is 13.9. The molecular formula is C17H15FN4O3S. The zero-order valence-corrected chi connectivity index (χ0v) is 14.8. The maximum Gasteiger partial charge on any atom is 0.256 e. The Balaban J connectivity index is 1.92. The van der Waals surface area contributed by atoms with Gasteiger partial charge in [-0.15, -0.1) is 0 Å². The van der Waals surface area contributed by atoms with Crippen molar-refractivity contribution in [3.05, 3.63) is 60.2 Å². The Labute approximate surface area is 149 Å². The summed E-state index contributed by atoms with van der Waals surface area (Å²) in [5.41, 5.74) is 0.673. The van der Waals surface area contributed by atoms with Crippen LogP contribution in [-0.4, -0.2) is 42.7 Å².